The number of rotatable bonds is 4. The van der Waals surface area contributed by atoms with Crippen LogP contribution in [0.25, 0.3) is 0 Å². The van der Waals surface area contributed by atoms with E-state index in [-0.39, 0.29) is 14.1 Å². The van der Waals surface area contributed by atoms with E-state index in [9.17, 15) is 8.42 Å². The van der Waals surface area contributed by atoms with Crippen LogP contribution in [-0.4, -0.2) is 31.1 Å². The Kier molecular flexibility index (Phi) is 5.10. The Morgan fingerprint density at radius 3 is 2.50 bits per heavy atom. The molecule has 0 saturated carbocycles. The summed E-state index contributed by atoms with van der Waals surface area (Å²) in [6.07, 6.45) is 0. The molecule has 0 aromatic carbocycles. The third kappa shape index (κ3) is 3.34. The van der Waals surface area contributed by atoms with E-state index in [2.05, 4.69) is 15.9 Å². The van der Waals surface area contributed by atoms with E-state index < -0.39 is 10.0 Å². The highest BCUT2D eigenvalue weighted by atomic mass is 79.9. The van der Waals surface area contributed by atoms with Gasteiger partial charge < -0.3 is 0 Å². The second-order valence-electron chi connectivity index (χ2n) is 3.25. The zero-order valence-corrected chi connectivity index (χ0v) is 13.3. The molecule has 0 fully saturated rings. The quantitative estimate of drug-likeness (QED) is 0.765. The molecule has 0 amide bonds. The van der Waals surface area contributed by atoms with Crippen molar-refractivity contribution in [2.45, 2.75) is 16.6 Å². The standard InChI is InChI=1S/C8H10BrCl2NO2S2/c1-5(9)4-12(2)16(13,14)6-3-7(10)15-8(6)11/h3,5H,4H2,1-2H3. The van der Waals surface area contributed by atoms with Crippen LogP contribution in [0.15, 0.2) is 11.0 Å². The van der Waals surface area contributed by atoms with Crippen molar-refractivity contribution < 1.29 is 8.42 Å². The molecular formula is C8H10BrCl2NO2S2. The predicted molar refractivity (Wildman–Crippen MR) is 72.5 cm³/mol. The Balaban J connectivity index is 3.07. The third-order valence-electron chi connectivity index (χ3n) is 1.82. The number of hydrogen-bond donors (Lipinski definition) is 0. The summed E-state index contributed by atoms with van der Waals surface area (Å²) in [5.74, 6) is 0. The fourth-order valence-electron chi connectivity index (χ4n) is 1.12. The molecule has 1 unspecified atom stereocenters. The maximum absolute atomic E-state index is 12.1. The summed E-state index contributed by atoms with van der Waals surface area (Å²) < 4.78 is 25.9. The minimum absolute atomic E-state index is 0.0693. The fraction of sp³-hybridized carbons (Fsp3) is 0.500. The molecule has 0 aliphatic carbocycles. The summed E-state index contributed by atoms with van der Waals surface area (Å²) >= 11 is 15.9. The zero-order valence-electron chi connectivity index (χ0n) is 8.58. The minimum Gasteiger partial charge on any atom is -0.207 e. The van der Waals surface area contributed by atoms with E-state index in [1.807, 2.05) is 6.92 Å². The lowest BCUT2D eigenvalue weighted by Gasteiger charge is -2.17. The van der Waals surface area contributed by atoms with E-state index in [0.717, 1.165) is 11.3 Å². The number of thiophene rings is 1. The molecule has 1 rings (SSSR count). The summed E-state index contributed by atoms with van der Waals surface area (Å²) in [6.45, 7) is 2.24. The average Bonchev–Trinajstić information content (AvgIpc) is 2.44. The van der Waals surface area contributed by atoms with Gasteiger partial charge in [-0.25, -0.2) is 8.42 Å². The first kappa shape index (κ1) is 14.7. The summed E-state index contributed by atoms with van der Waals surface area (Å²) in [6, 6.07) is 1.37. The van der Waals surface area contributed by atoms with Gasteiger partial charge in [-0.3, -0.25) is 0 Å². The first-order valence-corrected chi connectivity index (χ1v) is 8.23. The van der Waals surface area contributed by atoms with Crippen molar-refractivity contribution in [3.63, 3.8) is 0 Å². The topological polar surface area (TPSA) is 37.4 Å². The number of alkyl halides is 1. The van der Waals surface area contributed by atoms with Crippen LogP contribution in [0.5, 0.6) is 0 Å². The van der Waals surface area contributed by atoms with Gasteiger partial charge in [0.05, 0.1) is 4.34 Å². The summed E-state index contributed by atoms with van der Waals surface area (Å²) in [5, 5.41) is 0. The van der Waals surface area contributed by atoms with Gasteiger partial charge in [0, 0.05) is 18.4 Å². The fourth-order valence-corrected chi connectivity index (χ4v) is 5.12. The van der Waals surface area contributed by atoms with Crippen molar-refractivity contribution >= 4 is 60.5 Å². The summed E-state index contributed by atoms with van der Waals surface area (Å²) in [4.78, 5) is 0.139. The maximum Gasteiger partial charge on any atom is 0.245 e. The Labute approximate surface area is 118 Å². The van der Waals surface area contributed by atoms with Crippen LogP contribution in [0.2, 0.25) is 8.67 Å². The Morgan fingerprint density at radius 1 is 1.56 bits per heavy atom. The Morgan fingerprint density at radius 2 is 2.12 bits per heavy atom. The minimum atomic E-state index is -3.55. The monoisotopic (exact) mass is 365 g/mol. The van der Waals surface area contributed by atoms with Crippen LogP contribution < -0.4 is 0 Å². The molecule has 0 radical (unpaired) electrons. The number of hydrogen-bond acceptors (Lipinski definition) is 3. The lowest BCUT2D eigenvalue weighted by molar-refractivity contribution is 0.474. The van der Waals surface area contributed by atoms with Gasteiger partial charge in [-0.05, 0) is 6.07 Å². The lowest BCUT2D eigenvalue weighted by Crippen LogP contribution is -2.31. The smallest absolute Gasteiger partial charge is 0.207 e. The van der Waals surface area contributed by atoms with Crippen molar-refractivity contribution in [3.8, 4) is 0 Å². The van der Waals surface area contributed by atoms with E-state index in [4.69, 9.17) is 23.2 Å². The molecule has 3 nitrogen and oxygen atoms in total. The SMILES string of the molecule is CC(Br)CN(C)S(=O)(=O)c1cc(Cl)sc1Cl. The van der Waals surface area contributed by atoms with Crippen molar-refractivity contribution in [1.82, 2.24) is 4.31 Å². The van der Waals surface area contributed by atoms with Crippen LogP contribution in [0.4, 0.5) is 0 Å². The van der Waals surface area contributed by atoms with E-state index in [1.54, 1.807) is 0 Å². The molecule has 1 aromatic heterocycles. The third-order valence-corrected chi connectivity index (χ3v) is 5.69. The molecule has 0 N–H and O–H groups in total. The maximum atomic E-state index is 12.1. The zero-order chi connectivity index (χ0) is 12.5. The lowest BCUT2D eigenvalue weighted by atomic mass is 10.5. The average molecular weight is 367 g/mol. The van der Waals surface area contributed by atoms with Crippen LogP contribution >= 0.6 is 50.5 Å². The van der Waals surface area contributed by atoms with Gasteiger partial charge in [-0.1, -0.05) is 46.1 Å². The van der Waals surface area contributed by atoms with Gasteiger partial charge in [-0.15, -0.1) is 11.3 Å². The molecule has 0 aliphatic heterocycles. The van der Waals surface area contributed by atoms with Crippen LogP contribution in [0.3, 0.4) is 0 Å². The van der Waals surface area contributed by atoms with Gasteiger partial charge in [0.1, 0.15) is 9.23 Å². The van der Waals surface area contributed by atoms with Crippen LogP contribution in [0, 0.1) is 0 Å². The van der Waals surface area contributed by atoms with Gasteiger partial charge in [0.2, 0.25) is 10.0 Å². The van der Waals surface area contributed by atoms with Crippen molar-refractivity contribution in [3.05, 3.63) is 14.7 Å². The molecule has 0 bridgehead atoms. The molecule has 92 valence electrons. The molecule has 1 aromatic rings. The largest absolute Gasteiger partial charge is 0.245 e. The van der Waals surface area contributed by atoms with Crippen molar-refractivity contribution in [2.75, 3.05) is 13.6 Å². The second-order valence-corrected chi connectivity index (χ2v) is 9.12. The Bertz CT molecular complexity index is 472. The van der Waals surface area contributed by atoms with Gasteiger partial charge >= 0.3 is 0 Å². The predicted octanol–water partition coefficient (Wildman–Crippen LogP) is 3.46. The van der Waals surface area contributed by atoms with Crippen LogP contribution in [0.1, 0.15) is 6.92 Å². The number of nitrogens with zero attached hydrogens (tertiary/aromatic N) is 1. The number of sulfonamides is 1. The first-order valence-electron chi connectivity index (χ1n) is 4.30. The molecule has 1 atom stereocenters. The molecule has 0 aliphatic rings. The van der Waals surface area contributed by atoms with Gasteiger partial charge in [0.25, 0.3) is 0 Å². The Hall–Kier alpha value is 0.670. The highest BCUT2D eigenvalue weighted by Crippen LogP contribution is 2.35. The van der Waals surface area contributed by atoms with E-state index in [1.165, 1.54) is 17.4 Å². The summed E-state index contributed by atoms with van der Waals surface area (Å²) in [7, 11) is -2.04. The molecule has 8 heteroatoms. The highest BCUT2D eigenvalue weighted by Gasteiger charge is 2.26. The van der Waals surface area contributed by atoms with Crippen molar-refractivity contribution in [1.29, 1.82) is 0 Å². The van der Waals surface area contributed by atoms with Gasteiger partial charge in [-0.2, -0.15) is 4.31 Å². The van der Waals surface area contributed by atoms with Crippen molar-refractivity contribution in [2.24, 2.45) is 0 Å². The molecule has 0 saturated heterocycles. The normalized spacial score (nSPS) is 14.4. The van der Waals surface area contributed by atoms with Gasteiger partial charge in [0.15, 0.2) is 0 Å². The number of halogens is 3. The molecule has 0 spiro atoms. The van der Waals surface area contributed by atoms with Crippen LogP contribution in [-0.2, 0) is 10.0 Å². The summed E-state index contributed by atoms with van der Waals surface area (Å²) in [5.41, 5.74) is 0. The van der Waals surface area contributed by atoms with E-state index in [0.29, 0.717) is 10.9 Å². The second kappa shape index (κ2) is 5.54. The molecule has 16 heavy (non-hydrogen) atoms. The van der Waals surface area contributed by atoms with E-state index >= 15 is 0 Å². The molecular weight excluding hydrogens is 357 g/mol. The highest BCUT2D eigenvalue weighted by molar-refractivity contribution is 9.09. The first-order chi connectivity index (χ1) is 7.25. The molecule has 1 heterocycles.